The van der Waals surface area contributed by atoms with Gasteiger partial charge in [-0.3, -0.25) is 4.57 Å². The first-order valence-corrected chi connectivity index (χ1v) is 6.40. The van der Waals surface area contributed by atoms with E-state index in [1.165, 1.54) is 5.56 Å². The minimum Gasteiger partial charge on any atom is -0.496 e. The van der Waals surface area contributed by atoms with Crippen molar-refractivity contribution in [1.29, 1.82) is 0 Å². The molecule has 0 unspecified atom stereocenters. The molecule has 0 bridgehead atoms. The van der Waals surface area contributed by atoms with Gasteiger partial charge in [0.15, 0.2) is 5.82 Å². The minimum atomic E-state index is 0.770. The first kappa shape index (κ1) is 12.4. The van der Waals surface area contributed by atoms with Gasteiger partial charge in [0.1, 0.15) is 12.1 Å². The van der Waals surface area contributed by atoms with Gasteiger partial charge in [-0.05, 0) is 31.2 Å². The summed E-state index contributed by atoms with van der Waals surface area (Å²) in [6.07, 6.45) is 1.71. The summed E-state index contributed by atoms with van der Waals surface area (Å²) in [6, 6.07) is 16.1. The zero-order valence-corrected chi connectivity index (χ0v) is 11.4. The van der Waals surface area contributed by atoms with Crippen LogP contribution in [0.15, 0.2) is 54.9 Å². The van der Waals surface area contributed by atoms with E-state index in [2.05, 4.69) is 41.4 Å². The first-order chi connectivity index (χ1) is 9.79. The first-order valence-electron chi connectivity index (χ1n) is 6.40. The Labute approximate surface area is 117 Å². The average molecular weight is 265 g/mol. The molecule has 0 aliphatic heterocycles. The fourth-order valence-electron chi connectivity index (χ4n) is 2.14. The van der Waals surface area contributed by atoms with Crippen LogP contribution >= 0.6 is 0 Å². The van der Waals surface area contributed by atoms with Crippen LogP contribution in [0.25, 0.3) is 17.1 Å². The molecule has 4 heteroatoms. The number of aromatic nitrogens is 3. The second-order valence-electron chi connectivity index (χ2n) is 4.56. The van der Waals surface area contributed by atoms with Gasteiger partial charge in [-0.2, -0.15) is 0 Å². The van der Waals surface area contributed by atoms with Crippen LogP contribution in [0.1, 0.15) is 5.56 Å². The maximum absolute atomic E-state index is 5.40. The molecule has 0 amide bonds. The second-order valence-corrected chi connectivity index (χ2v) is 4.56. The summed E-state index contributed by atoms with van der Waals surface area (Å²) in [5, 5.41) is 8.26. The van der Waals surface area contributed by atoms with Crippen molar-refractivity contribution in [3.63, 3.8) is 0 Å². The number of methoxy groups -OCH3 is 1. The van der Waals surface area contributed by atoms with Crippen molar-refractivity contribution in [2.45, 2.75) is 6.92 Å². The van der Waals surface area contributed by atoms with E-state index in [0.29, 0.717) is 0 Å². The summed E-state index contributed by atoms with van der Waals surface area (Å²) in [6.45, 7) is 2.07. The Bertz CT molecular complexity index is 717. The Balaban J connectivity index is 2.13. The molecule has 20 heavy (non-hydrogen) atoms. The van der Waals surface area contributed by atoms with Crippen LogP contribution in [0.4, 0.5) is 0 Å². The molecule has 0 N–H and O–H groups in total. The number of aryl methyl sites for hydroxylation is 1. The Morgan fingerprint density at radius 2 is 1.75 bits per heavy atom. The minimum absolute atomic E-state index is 0.770. The van der Waals surface area contributed by atoms with E-state index in [-0.39, 0.29) is 0 Å². The van der Waals surface area contributed by atoms with E-state index < -0.39 is 0 Å². The van der Waals surface area contributed by atoms with Crippen molar-refractivity contribution in [3.8, 4) is 22.8 Å². The van der Waals surface area contributed by atoms with Crippen LogP contribution in [0.2, 0.25) is 0 Å². The number of para-hydroxylation sites is 1. The third-order valence-electron chi connectivity index (χ3n) is 3.21. The van der Waals surface area contributed by atoms with E-state index in [4.69, 9.17) is 4.74 Å². The summed E-state index contributed by atoms with van der Waals surface area (Å²) in [5.41, 5.74) is 3.18. The van der Waals surface area contributed by atoms with Crippen molar-refractivity contribution in [2.75, 3.05) is 7.11 Å². The molecule has 3 aromatic rings. The van der Waals surface area contributed by atoms with Crippen LogP contribution in [-0.2, 0) is 0 Å². The predicted octanol–water partition coefficient (Wildman–Crippen LogP) is 3.25. The zero-order chi connectivity index (χ0) is 13.9. The quantitative estimate of drug-likeness (QED) is 0.729. The van der Waals surface area contributed by atoms with Crippen molar-refractivity contribution < 1.29 is 4.74 Å². The topological polar surface area (TPSA) is 39.9 Å². The van der Waals surface area contributed by atoms with Gasteiger partial charge in [0.25, 0.3) is 0 Å². The third-order valence-corrected chi connectivity index (χ3v) is 3.21. The Morgan fingerprint density at radius 3 is 2.50 bits per heavy atom. The van der Waals surface area contributed by atoms with E-state index >= 15 is 0 Å². The molecule has 0 spiro atoms. The van der Waals surface area contributed by atoms with Crippen molar-refractivity contribution in [1.82, 2.24) is 14.8 Å². The molecule has 0 saturated heterocycles. The molecule has 4 nitrogen and oxygen atoms in total. The molecule has 0 saturated carbocycles. The highest BCUT2D eigenvalue weighted by Gasteiger charge is 2.13. The molecule has 3 rings (SSSR count). The monoisotopic (exact) mass is 265 g/mol. The van der Waals surface area contributed by atoms with E-state index in [1.807, 2.05) is 28.8 Å². The van der Waals surface area contributed by atoms with Gasteiger partial charge in [0, 0.05) is 5.69 Å². The maximum Gasteiger partial charge on any atom is 0.172 e. The van der Waals surface area contributed by atoms with Crippen LogP contribution < -0.4 is 4.74 Å². The van der Waals surface area contributed by atoms with Crippen molar-refractivity contribution in [2.24, 2.45) is 0 Å². The summed E-state index contributed by atoms with van der Waals surface area (Å²) in [7, 11) is 1.66. The molecular weight excluding hydrogens is 250 g/mol. The van der Waals surface area contributed by atoms with Crippen LogP contribution in [-0.4, -0.2) is 21.9 Å². The van der Waals surface area contributed by atoms with Crippen LogP contribution in [0.5, 0.6) is 5.75 Å². The number of ether oxygens (including phenoxy) is 1. The fraction of sp³-hybridized carbons (Fsp3) is 0.125. The maximum atomic E-state index is 5.40. The normalized spacial score (nSPS) is 10.5. The van der Waals surface area contributed by atoms with Gasteiger partial charge < -0.3 is 4.74 Å². The number of rotatable bonds is 3. The average Bonchev–Trinajstić information content (AvgIpc) is 2.97. The third kappa shape index (κ3) is 2.16. The van der Waals surface area contributed by atoms with E-state index in [1.54, 1.807) is 13.4 Å². The van der Waals surface area contributed by atoms with E-state index in [0.717, 1.165) is 22.8 Å². The Kier molecular flexibility index (Phi) is 3.21. The van der Waals surface area contributed by atoms with Gasteiger partial charge in [-0.25, -0.2) is 0 Å². The molecule has 2 aromatic carbocycles. The fourth-order valence-corrected chi connectivity index (χ4v) is 2.14. The van der Waals surface area contributed by atoms with Gasteiger partial charge >= 0.3 is 0 Å². The zero-order valence-electron chi connectivity index (χ0n) is 11.4. The van der Waals surface area contributed by atoms with Gasteiger partial charge in [0.2, 0.25) is 0 Å². The molecule has 0 aliphatic carbocycles. The number of benzene rings is 2. The van der Waals surface area contributed by atoms with Crippen LogP contribution in [0, 0.1) is 6.92 Å². The van der Waals surface area contributed by atoms with Crippen LogP contribution in [0.3, 0.4) is 0 Å². The van der Waals surface area contributed by atoms with Crippen molar-refractivity contribution in [3.05, 3.63) is 60.4 Å². The highest BCUT2D eigenvalue weighted by Crippen LogP contribution is 2.29. The number of nitrogens with zero attached hydrogens (tertiary/aromatic N) is 3. The second kappa shape index (κ2) is 5.17. The summed E-state index contributed by atoms with van der Waals surface area (Å²) in [5.74, 6) is 1.56. The lowest BCUT2D eigenvalue weighted by atomic mass is 10.1. The molecular formula is C16H15N3O. The van der Waals surface area contributed by atoms with Gasteiger partial charge in [0.05, 0.1) is 12.7 Å². The lowest BCUT2D eigenvalue weighted by Gasteiger charge is -2.10. The van der Waals surface area contributed by atoms with Gasteiger partial charge in [-0.1, -0.05) is 29.8 Å². The number of hydrogen-bond acceptors (Lipinski definition) is 3. The molecule has 0 atom stereocenters. The highest BCUT2D eigenvalue weighted by atomic mass is 16.5. The molecule has 0 fully saturated rings. The SMILES string of the molecule is COc1ccccc1-c1nncn1-c1ccc(C)cc1. The smallest absolute Gasteiger partial charge is 0.172 e. The largest absolute Gasteiger partial charge is 0.496 e. The highest BCUT2D eigenvalue weighted by molar-refractivity contribution is 5.65. The molecule has 0 radical (unpaired) electrons. The molecule has 1 aromatic heterocycles. The lowest BCUT2D eigenvalue weighted by molar-refractivity contribution is 0.416. The number of hydrogen-bond donors (Lipinski definition) is 0. The molecule has 1 heterocycles. The van der Waals surface area contributed by atoms with Gasteiger partial charge in [-0.15, -0.1) is 10.2 Å². The van der Waals surface area contributed by atoms with E-state index in [9.17, 15) is 0 Å². The summed E-state index contributed by atoms with van der Waals surface area (Å²) < 4.78 is 7.35. The lowest BCUT2D eigenvalue weighted by Crippen LogP contribution is -1.98. The molecule has 0 aliphatic rings. The standard InChI is InChI=1S/C16H15N3O/c1-12-7-9-13(10-8-12)19-11-17-18-16(19)14-5-3-4-6-15(14)20-2/h3-11H,1-2H3. The Morgan fingerprint density at radius 1 is 1.00 bits per heavy atom. The summed E-state index contributed by atoms with van der Waals surface area (Å²) >= 11 is 0. The Hall–Kier alpha value is -2.62. The van der Waals surface area contributed by atoms with Crippen molar-refractivity contribution >= 4 is 0 Å². The predicted molar refractivity (Wildman–Crippen MR) is 78.1 cm³/mol. The summed E-state index contributed by atoms with van der Waals surface area (Å²) in [4.78, 5) is 0. The molecule has 100 valence electrons.